The number of anilines is 2. The first-order valence-electron chi connectivity index (χ1n) is 11.6. The van der Waals surface area contributed by atoms with E-state index in [9.17, 15) is 4.79 Å². The van der Waals surface area contributed by atoms with Crippen molar-refractivity contribution in [3.8, 4) is 0 Å². The lowest BCUT2D eigenvalue weighted by atomic mass is 10.1. The molecule has 0 bridgehead atoms. The van der Waals surface area contributed by atoms with Gasteiger partial charge in [-0.15, -0.1) is 0 Å². The van der Waals surface area contributed by atoms with Crippen LogP contribution >= 0.6 is 0 Å². The molecule has 0 spiro atoms. The van der Waals surface area contributed by atoms with Crippen LogP contribution in [0.15, 0.2) is 61.1 Å². The van der Waals surface area contributed by atoms with E-state index in [1.165, 1.54) is 0 Å². The zero-order valence-corrected chi connectivity index (χ0v) is 19.6. The number of benzene rings is 1. The molecule has 0 saturated carbocycles. The number of nitrogens with zero attached hydrogens (tertiary/aromatic N) is 6. The van der Waals surface area contributed by atoms with E-state index < -0.39 is 0 Å². The number of nitrogen functional groups attached to an aromatic ring is 1. The van der Waals surface area contributed by atoms with Crippen LogP contribution in [0.1, 0.15) is 27.4 Å². The van der Waals surface area contributed by atoms with Crippen molar-refractivity contribution >= 4 is 28.3 Å². The van der Waals surface area contributed by atoms with Gasteiger partial charge < -0.3 is 20.3 Å². The summed E-state index contributed by atoms with van der Waals surface area (Å²) in [7, 11) is 0. The maximum atomic E-state index is 13.6. The van der Waals surface area contributed by atoms with E-state index in [0.717, 1.165) is 40.9 Å². The number of morpholine rings is 1. The fourth-order valence-electron chi connectivity index (χ4n) is 4.11. The van der Waals surface area contributed by atoms with Crippen molar-refractivity contribution in [1.29, 1.82) is 0 Å². The number of aromatic nitrogens is 4. The summed E-state index contributed by atoms with van der Waals surface area (Å²) in [5.41, 5.74) is 9.98. The Labute approximate surface area is 203 Å². The first-order valence-corrected chi connectivity index (χ1v) is 11.6. The molecule has 2 N–H and O–H groups in total. The third-order valence-corrected chi connectivity index (χ3v) is 6.07. The average molecular weight is 470 g/mol. The van der Waals surface area contributed by atoms with Gasteiger partial charge in [0.2, 0.25) is 0 Å². The van der Waals surface area contributed by atoms with Crippen LogP contribution in [0.5, 0.6) is 0 Å². The van der Waals surface area contributed by atoms with Gasteiger partial charge in [0.15, 0.2) is 0 Å². The van der Waals surface area contributed by atoms with Gasteiger partial charge in [-0.05, 0) is 55.0 Å². The van der Waals surface area contributed by atoms with Crippen LogP contribution in [0, 0.1) is 6.92 Å². The van der Waals surface area contributed by atoms with E-state index >= 15 is 0 Å². The molecule has 0 atom stereocenters. The molecule has 178 valence electrons. The lowest BCUT2D eigenvalue weighted by Crippen LogP contribution is -2.36. The van der Waals surface area contributed by atoms with Crippen LogP contribution < -0.4 is 10.6 Å². The molecule has 0 radical (unpaired) electrons. The molecule has 4 heterocycles. The number of hydrogen-bond acceptors (Lipinski definition) is 8. The number of nitrogens with two attached hydrogens (primary N) is 1. The molecule has 9 nitrogen and oxygen atoms in total. The molecule has 4 aromatic rings. The van der Waals surface area contributed by atoms with Gasteiger partial charge in [-0.1, -0.05) is 0 Å². The van der Waals surface area contributed by atoms with Crippen molar-refractivity contribution < 1.29 is 9.53 Å². The van der Waals surface area contributed by atoms with Crippen molar-refractivity contribution in [1.82, 2.24) is 24.8 Å². The van der Waals surface area contributed by atoms with E-state index in [0.29, 0.717) is 37.0 Å². The summed E-state index contributed by atoms with van der Waals surface area (Å²) in [6, 6.07) is 13.2. The summed E-state index contributed by atoms with van der Waals surface area (Å²) >= 11 is 0. The van der Waals surface area contributed by atoms with Crippen LogP contribution in [0.4, 0.5) is 11.5 Å². The summed E-state index contributed by atoms with van der Waals surface area (Å²) in [4.78, 5) is 35.3. The van der Waals surface area contributed by atoms with Gasteiger partial charge in [0.05, 0.1) is 49.4 Å². The van der Waals surface area contributed by atoms with E-state index in [4.69, 9.17) is 10.5 Å². The van der Waals surface area contributed by atoms with Crippen LogP contribution in [0.3, 0.4) is 0 Å². The fraction of sp³-hybridized carbons (Fsp3) is 0.269. The molecular weight excluding hydrogens is 442 g/mol. The quantitative estimate of drug-likeness (QED) is 0.459. The molecule has 1 aliphatic heterocycles. The monoisotopic (exact) mass is 469 g/mol. The summed E-state index contributed by atoms with van der Waals surface area (Å²) < 4.78 is 5.43. The first kappa shape index (κ1) is 22.7. The molecule has 1 fully saturated rings. The third-order valence-electron chi connectivity index (χ3n) is 6.07. The Morgan fingerprint density at radius 3 is 2.60 bits per heavy atom. The first-order chi connectivity index (χ1) is 17.1. The Morgan fingerprint density at radius 2 is 1.86 bits per heavy atom. The molecule has 35 heavy (non-hydrogen) atoms. The normalized spacial score (nSPS) is 13.7. The predicted molar refractivity (Wildman–Crippen MR) is 134 cm³/mol. The van der Waals surface area contributed by atoms with Gasteiger partial charge in [-0.25, -0.2) is 15.0 Å². The van der Waals surface area contributed by atoms with Crippen LogP contribution in [-0.4, -0.2) is 57.0 Å². The highest BCUT2D eigenvalue weighted by molar-refractivity contribution is 5.98. The van der Waals surface area contributed by atoms with E-state index in [1.54, 1.807) is 29.4 Å². The summed E-state index contributed by atoms with van der Waals surface area (Å²) in [5.74, 6) is 0.927. The zero-order valence-electron chi connectivity index (χ0n) is 19.6. The van der Waals surface area contributed by atoms with Gasteiger partial charge in [0.1, 0.15) is 11.6 Å². The zero-order chi connectivity index (χ0) is 24.2. The Kier molecular flexibility index (Phi) is 6.49. The largest absolute Gasteiger partial charge is 0.383 e. The molecule has 0 aliphatic carbocycles. The molecule has 0 unspecified atom stereocenters. The van der Waals surface area contributed by atoms with Crippen molar-refractivity contribution in [2.45, 2.75) is 20.0 Å². The molecule has 1 aromatic carbocycles. The fourth-order valence-corrected chi connectivity index (χ4v) is 4.11. The second-order valence-corrected chi connectivity index (χ2v) is 8.53. The lowest BCUT2D eigenvalue weighted by molar-refractivity contribution is 0.0723. The van der Waals surface area contributed by atoms with Crippen molar-refractivity contribution in [3.63, 3.8) is 0 Å². The molecule has 5 rings (SSSR count). The summed E-state index contributed by atoms with van der Waals surface area (Å²) in [5, 5.41) is 0.867. The minimum Gasteiger partial charge on any atom is -0.383 e. The van der Waals surface area contributed by atoms with Crippen molar-refractivity contribution in [2.75, 3.05) is 36.9 Å². The summed E-state index contributed by atoms with van der Waals surface area (Å²) in [6.45, 7) is 5.63. The smallest absolute Gasteiger partial charge is 0.254 e. The van der Waals surface area contributed by atoms with Gasteiger partial charge in [-0.3, -0.25) is 9.78 Å². The number of hydrogen-bond donors (Lipinski definition) is 1. The molecule has 1 aliphatic rings. The number of fused-ring (bicyclic) bond motifs is 1. The highest BCUT2D eigenvalue weighted by Gasteiger charge is 2.20. The number of amides is 1. The number of ether oxygens (including phenoxy) is 1. The van der Waals surface area contributed by atoms with Gasteiger partial charge in [-0.2, -0.15) is 0 Å². The number of carbonyl (C=O) groups excluding carboxylic acids is 1. The Balaban J connectivity index is 1.41. The maximum Gasteiger partial charge on any atom is 0.254 e. The van der Waals surface area contributed by atoms with Crippen molar-refractivity contribution in [3.05, 3.63) is 83.7 Å². The van der Waals surface area contributed by atoms with Gasteiger partial charge in [0.25, 0.3) is 5.91 Å². The minimum absolute atomic E-state index is 0.132. The maximum absolute atomic E-state index is 13.6. The van der Waals surface area contributed by atoms with Crippen LogP contribution in [0.2, 0.25) is 0 Å². The number of rotatable bonds is 6. The lowest BCUT2D eigenvalue weighted by Gasteiger charge is -2.28. The standard InChI is InChI=1S/C26H27N7O2/c1-18-13-20-14-19(3-6-23(20)31-25(18)27)26(34)33(17-24-28-7-2-8-29-24)16-21-4-5-22(15-30-21)32-9-11-35-12-10-32/h2-8,13-15H,9-12,16-17H2,1H3,(H2,27,31). The minimum atomic E-state index is -0.132. The molecule has 3 aromatic heterocycles. The topological polar surface area (TPSA) is 110 Å². The Bertz CT molecular complexity index is 1320. The molecular formula is C26H27N7O2. The predicted octanol–water partition coefficient (Wildman–Crippen LogP) is 2.99. The van der Waals surface area contributed by atoms with Gasteiger partial charge >= 0.3 is 0 Å². The van der Waals surface area contributed by atoms with Crippen LogP contribution in [-0.2, 0) is 17.8 Å². The average Bonchev–Trinajstić information content (AvgIpc) is 2.90. The second-order valence-electron chi connectivity index (χ2n) is 8.53. The third kappa shape index (κ3) is 5.20. The summed E-state index contributed by atoms with van der Waals surface area (Å²) in [6.07, 6.45) is 5.21. The Hall–Kier alpha value is -4.11. The van der Waals surface area contributed by atoms with E-state index in [2.05, 4.69) is 24.8 Å². The highest BCUT2D eigenvalue weighted by atomic mass is 16.5. The van der Waals surface area contributed by atoms with Crippen molar-refractivity contribution in [2.24, 2.45) is 0 Å². The SMILES string of the molecule is Cc1cc2cc(C(=O)N(Cc3ccc(N4CCOCC4)cn3)Cc3ncccn3)ccc2nc1N. The van der Waals surface area contributed by atoms with E-state index in [1.807, 2.05) is 43.5 Å². The molecule has 9 heteroatoms. The number of pyridine rings is 2. The van der Waals surface area contributed by atoms with E-state index in [-0.39, 0.29) is 12.5 Å². The highest BCUT2D eigenvalue weighted by Crippen LogP contribution is 2.22. The Morgan fingerprint density at radius 1 is 1.06 bits per heavy atom. The second kappa shape index (κ2) is 10.0. The molecule has 1 amide bonds. The number of aryl methyl sites for hydroxylation is 1. The van der Waals surface area contributed by atoms with Gasteiger partial charge in [0, 0.05) is 36.4 Å². The number of carbonyl (C=O) groups is 1. The van der Waals surface area contributed by atoms with Crippen LogP contribution in [0.25, 0.3) is 10.9 Å². The molecule has 1 saturated heterocycles.